The van der Waals surface area contributed by atoms with Gasteiger partial charge in [-0.3, -0.25) is 9.59 Å². The highest BCUT2D eigenvalue weighted by Crippen LogP contribution is 2.57. The summed E-state index contributed by atoms with van der Waals surface area (Å²) in [7, 11) is 0. The maximum Gasteiger partial charge on any atom is 0.232 e. The quantitative estimate of drug-likeness (QED) is 0.521. The third-order valence-corrected chi connectivity index (χ3v) is 10.2. The van der Waals surface area contributed by atoms with E-state index in [0.717, 1.165) is 29.5 Å². The Morgan fingerprint density at radius 1 is 1.13 bits per heavy atom. The molecule has 1 amide bonds. The Kier molecular flexibility index (Phi) is 7.53. The first-order valence-electron chi connectivity index (χ1n) is 11.9. The Bertz CT molecular complexity index is 820. The molecule has 1 aromatic carbocycles. The standard InChI is InChI=1S/C26H35NO2S2/c1-4-17-12-13-19-20(14-17)31-22-15-21(30-16-23(28)27(5-2)6-3)24(26(29)25(19)22)18-10-8-7-9-11-18/h7-11,15,17,19-20,22,24-25H,4-6,12-14,16H2,1-3H3. The van der Waals surface area contributed by atoms with Gasteiger partial charge < -0.3 is 4.90 Å². The van der Waals surface area contributed by atoms with Crippen molar-refractivity contribution in [3.05, 3.63) is 46.9 Å². The summed E-state index contributed by atoms with van der Waals surface area (Å²) in [5.41, 5.74) is 1.08. The summed E-state index contributed by atoms with van der Waals surface area (Å²) in [6.07, 6.45) is 7.35. The fourth-order valence-corrected chi connectivity index (χ4v) is 8.97. The summed E-state index contributed by atoms with van der Waals surface area (Å²) in [5, 5.41) is 0.899. The Balaban J connectivity index is 1.60. The van der Waals surface area contributed by atoms with Crippen molar-refractivity contribution in [1.82, 2.24) is 4.90 Å². The number of amides is 1. The summed E-state index contributed by atoms with van der Waals surface area (Å²) in [5.74, 6) is 2.25. The summed E-state index contributed by atoms with van der Waals surface area (Å²) in [6.45, 7) is 7.81. The molecule has 1 aliphatic heterocycles. The summed E-state index contributed by atoms with van der Waals surface area (Å²) in [6, 6.07) is 10.2. The van der Waals surface area contributed by atoms with Crippen molar-refractivity contribution in [3.63, 3.8) is 0 Å². The van der Waals surface area contributed by atoms with Gasteiger partial charge in [-0.2, -0.15) is 0 Å². The molecule has 168 valence electrons. The number of rotatable bonds is 7. The number of ketones is 1. The van der Waals surface area contributed by atoms with Crippen LogP contribution >= 0.6 is 23.5 Å². The van der Waals surface area contributed by atoms with E-state index in [9.17, 15) is 9.59 Å². The van der Waals surface area contributed by atoms with Gasteiger partial charge >= 0.3 is 0 Å². The number of allylic oxidation sites excluding steroid dienone is 1. The Labute approximate surface area is 195 Å². The number of thioether (sulfide) groups is 2. The largest absolute Gasteiger partial charge is 0.343 e. The van der Waals surface area contributed by atoms with E-state index in [-0.39, 0.29) is 23.0 Å². The maximum atomic E-state index is 14.0. The van der Waals surface area contributed by atoms with Gasteiger partial charge in [0.15, 0.2) is 0 Å². The van der Waals surface area contributed by atoms with Crippen molar-refractivity contribution in [2.75, 3.05) is 18.8 Å². The molecule has 5 heteroatoms. The molecule has 0 spiro atoms. The lowest BCUT2D eigenvalue weighted by molar-refractivity contribution is -0.128. The second kappa shape index (κ2) is 10.2. The molecule has 1 heterocycles. The monoisotopic (exact) mass is 457 g/mol. The molecule has 0 radical (unpaired) electrons. The van der Waals surface area contributed by atoms with Crippen molar-refractivity contribution in [3.8, 4) is 0 Å². The number of benzene rings is 1. The zero-order valence-corrected chi connectivity index (χ0v) is 20.6. The smallest absolute Gasteiger partial charge is 0.232 e. The zero-order valence-electron chi connectivity index (χ0n) is 19.0. The Hall–Kier alpha value is -1.20. The molecule has 0 N–H and O–H groups in total. The second-order valence-electron chi connectivity index (χ2n) is 9.09. The molecule has 1 aromatic rings. The van der Waals surface area contributed by atoms with Crippen LogP contribution in [0.5, 0.6) is 0 Å². The van der Waals surface area contributed by atoms with E-state index in [1.807, 2.05) is 48.7 Å². The van der Waals surface area contributed by atoms with E-state index in [2.05, 4.69) is 25.1 Å². The van der Waals surface area contributed by atoms with Crippen LogP contribution in [0.1, 0.15) is 57.9 Å². The highest BCUT2D eigenvalue weighted by molar-refractivity contribution is 8.04. The molecule has 2 aliphatic carbocycles. The molecule has 3 aliphatic rings. The van der Waals surface area contributed by atoms with E-state index >= 15 is 0 Å². The van der Waals surface area contributed by atoms with Gasteiger partial charge in [0.05, 0.1) is 11.7 Å². The van der Waals surface area contributed by atoms with Gasteiger partial charge in [0.1, 0.15) is 5.78 Å². The van der Waals surface area contributed by atoms with E-state index in [4.69, 9.17) is 0 Å². The predicted octanol–water partition coefficient (Wildman–Crippen LogP) is 5.76. The SMILES string of the molecule is CCC1CCC2C(C1)SC1C=C(SCC(=O)N(CC)CC)C(c3ccccc3)C(=O)C12. The Morgan fingerprint density at radius 3 is 2.55 bits per heavy atom. The van der Waals surface area contributed by atoms with E-state index in [1.165, 1.54) is 25.7 Å². The van der Waals surface area contributed by atoms with Gasteiger partial charge in [-0.25, -0.2) is 0 Å². The topological polar surface area (TPSA) is 37.4 Å². The zero-order chi connectivity index (χ0) is 22.0. The summed E-state index contributed by atoms with van der Waals surface area (Å²) >= 11 is 3.64. The fraction of sp³-hybridized carbons (Fsp3) is 0.615. The van der Waals surface area contributed by atoms with Crippen molar-refractivity contribution >= 4 is 35.2 Å². The molecule has 6 unspecified atom stereocenters. The van der Waals surface area contributed by atoms with Gasteiger partial charge in [-0.15, -0.1) is 23.5 Å². The van der Waals surface area contributed by atoms with Crippen LogP contribution < -0.4 is 0 Å². The molecule has 0 bridgehead atoms. The first-order valence-corrected chi connectivity index (χ1v) is 13.9. The van der Waals surface area contributed by atoms with Crippen LogP contribution in [0.15, 0.2) is 41.3 Å². The maximum absolute atomic E-state index is 14.0. The van der Waals surface area contributed by atoms with Crippen LogP contribution in [0.4, 0.5) is 0 Å². The van der Waals surface area contributed by atoms with Crippen LogP contribution in [0.3, 0.4) is 0 Å². The van der Waals surface area contributed by atoms with Crippen molar-refractivity contribution < 1.29 is 9.59 Å². The fourth-order valence-electron chi connectivity index (χ4n) is 5.73. The molecule has 1 saturated carbocycles. The highest BCUT2D eigenvalue weighted by Gasteiger charge is 2.52. The second-order valence-corrected chi connectivity index (χ2v) is 11.6. The number of Topliss-reactive ketones (excluding diaryl/α,β-unsaturated/α-hetero) is 1. The summed E-state index contributed by atoms with van der Waals surface area (Å²) < 4.78 is 0. The number of hydrogen-bond acceptors (Lipinski definition) is 4. The van der Waals surface area contributed by atoms with E-state index < -0.39 is 0 Å². The number of fused-ring (bicyclic) bond motifs is 3. The third-order valence-electron chi connectivity index (χ3n) is 7.51. The third kappa shape index (κ3) is 4.64. The van der Waals surface area contributed by atoms with Crippen molar-refractivity contribution in [2.24, 2.45) is 17.8 Å². The molecule has 4 rings (SSSR count). The van der Waals surface area contributed by atoms with Gasteiger partial charge in [0.2, 0.25) is 5.91 Å². The van der Waals surface area contributed by atoms with E-state index in [0.29, 0.717) is 22.7 Å². The van der Waals surface area contributed by atoms with Crippen LogP contribution in [0.2, 0.25) is 0 Å². The first kappa shape index (κ1) is 23.0. The normalized spacial score (nSPS) is 32.2. The molecule has 2 fully saturated rings. The number of hydrogen-bond donors (Lipinski definition) is 0. The van der Waals surface area contributed by atoms with Gasteiger partial charge in [-0.05, 0) is 49.0 Å². The minimum atomic E-state index is -0.208. The van der Waals surface area contributed by atoms with E-state index in [1.54, 1.807) is 11.8 Å². The number of nitrogens with zero attached hydrogens (tertiary/aromatic N) is 1. The first-order chi connectivity index (χ1) is 15.1. The van der Waals surface area contributed by atoms with Gasteiger partial charge in [-0.1, -0.05) is 56.2 Å². The number of carbonyl (C=O) groups is 2. The van der Waals surface area contributed by atoms with Crippen LogP contribution in [0, 0.1) is 17.8 Å². The Morgan fingerprint density at radius 2 is 1.87 bits per heavy atom. The average molecular weight is 458 g/mol. The van der Waals surface area contributed by atoms with Crippen LogP contribution in [-0.2, 0) is 9.59 Å². The summed E-state index contributed by atoms with van der Waals surface area (Å²) in [4.78, 5) is 29.6. The van der Waals surface area contributed by atoms with Crippen LogP contribution in [-0.4, -0.2) is 45.9 Å². The molecule has 0 aromatic heterocycles. The minimum Gasteiger partial charge on any atom is -0.343 e. The van der Waals surface area contributed by atoms with Crippen LogP contribution in [0.25, 0.3) is 0 Å². The molecule has 3 nitrogen and oxygen atoms in total. The molecular weight excluding hydrogens is 422 g/mol. The van der Waals surface area contributed by atoms with Crippen molar-refractivity contribution in [1.29, 1.82) is 0 Å². The highest BCUT2D eigenvalue weighted by atomic mass is 32.2. The predicted molar refractivity (Wildman–Crippen MR) is 132 cm³/mol. The number of carbonyl (C=O) groups excluding carboxylic acids is 2. The molecule has 6 atom stereocenters. The molecule has 1 saturated heterocycles. The van der Waals surface area contributed by atoms with Gasteiger partial charge in [0, 0.05) is 29.5 Å². The lowest BCUT2D eigenvalue weighted by Gasteiger charge is -2.36. The molecular formula is C26H35NO2S2. The minimum absolute atomic E-state index is 0.140. The average Bonchev–Trinajstić information content (AvgIpc) is 3.16. The van der Waals surface area contributed by atoms with Gasteiger partial charge in [0.25, 0.3) is 0 Å². The lowest BCUT2D eigenvalue weighted by atomic mass is 9.68. The molecule has 31 heavy (non-hydrogen) atoms. The van der Waals surface area contributed by atoms with Crippen molar-refractivity contribution in [2.45, 2.75) is 62.9 Å². The lowest BCUT2D eigenvalue weighted by Crippen LogP contribution is -2.38.